The molecular formula is C2H66B5N15O17. The van der Waals surface area contributed by atoms with E-state index in [1.165, 1.54) is 0 Å². The number of aliphatic hydroxyl groups excluding tert-OH is 2. The fourth-order valence-electron chi connectivity index (χ4n) is 0. The summed E-state index contributed by atoms with van der Waals surface area (Å²) < 4.78 is 0. The molecule has 32 nitrogen and oxygen atoms in total. The van der Waals surface area contributed by atoms with E-state index >= 15 is 0 Å². The first kappa shape index (κ1) is 180. The Morgan fingerprint density at radius 2 is 0.231 bits per heavy atom. The molecule has 0 atom stereocenters. The van der Waals surface area contributed by atoms with Crippen LogP contribution >= 0.6 is 0 Å². The van der Waals surface area contributed by atoms with Crippen molar-refractivity contribution in [1.82, 2.24) is 92.3 Å². The highest BCUT2D eigenvalue weighted by atomic mass is 16.5. The third kappa shape index (κ3) is 22800000. The number of aliphatic hydroxyl groups is 2. The van der Waals surface area contributed by atoms with Crippen LogP contribution in [0.3, 0.4) is 0 Å². The quantitative estimate of drug-likeness (QED) is 0.120. The van der Waals surface area contributed by atoms with Crippen molar-refractivity contribution in [2.45, 2.75) is 0 Å². The van der Waals surface area contributed by atoms with Gasteiger partial charge in [0.25, 0.3) is 0 Å². The topological polar surface area (TPSA) is 869 Å². The van der Waals surface area contributed by atoms with Crippen molar-refractivity contribution >= 4 is 36.6 Å². The summed E-state index contributed by atoms with van der Waals surface area (Å²) in [5, 5.41) is 123. The van der Waals surface area contributed by atoms with Crippen LogP contribution in [0.5, 0.6) is 0 Å². The third-order valence-corrected chi connectivity index (χ3v) is 0.1000. The first-order valence-corrected chi connectivity index (χ1v) is 5.01. The lowest BCUT2D eigenvalue weighted by Gasteiger charge is -1.70. The van der Waals surface area contributed by atoms with Crippen molar-refractivity contribution in [3.05, 3.63) is 0 Å². The zero-order valence-corrected chi connectivity index (χ0v) is 22.5. The average Bonchev–Trinajstić information content (AvgIpc) is 2.24. The highest BCUT2D eigenvalue weighted by Crippen LogP contribution is 1.42. The van der Waals surface area contributed by atoms with Gasteiger partial charge in [-0.3, -0.25) is 0 Å². The van der Waals surface area contributed by atoms with Crippen LogP contribution in [0.1, 0.15) is 0 Å². The molecule has 0 radical (unpaired) electrons. The van der Waals surface area contributed by atoms with Crippen LogP contribution in [0.25, 0.3) is 0 Å². The molecule has 0 aliphatic heterocycles. The standard InChI is InChI=1S/C2H6O2.5BH3O3.15H3N/c3-1-2-4;5*2-1(3)4;;;;;;;;;;;;;;;/h3-4H,1-2H2;5*2-4H;15*1H3. The summed E-state index contributed by atoms with van der Waals surface area (Å²) in [4.78, 5) is 0. The summed E-state index contributed by atoms with van der Waals surface area (Å²) >= 11 is 0. The SMILES string of the molecule is N.N.N.N.N.N.N.N.N.N.N.N.N.N.N.OB(O)O.OB(O)O.OB(O)O.OB(O)O.OB(O)O.OCCO. The van der Waals surface area contributed by atoms with E-state index in [0.717, 1.165) is 0 Å². The van der Waals surface area contributed by atoms with Gasteiger partial charge in [-0.2, -0.15) is 0 Å². The third-order valence-electron chi connectivity index (χ3n) is 0.1000. The minimum Gasteiger partial charge on any atom is -0.402 e. The Labute approximate surface area is 228 Å². The van der Waals surface area contributed by atoms with Gasteiger partial charge in [0.2, 0.25) is 0 Å². The normalized spacial score (nSPS) is 4.23. The molecule has 0 aliphatic carbocycles. The molecule has 37 heteroatoms. The van der Waals surface area contributed by atoms with Gasteiger partial charge < -0.3 is 178 Å². The molecule has 0 fully saturated rings. The van der Waals surface area contributed by atoms with Gasteiger partial charge in [-0.1, -0.05) is 0 Å². The van der Waals surface area contributed by atoms with Crippen molar-refractivity contribution < 1.29 is 85.6 Å². The molecule has 0 rings (SSSR count). The van der Waals surface area contributed by atoms with Crippen LogP contribution in [-0.2, 0) is 0 Å². The van der Waals surface area contributed by atoms with Crippen LogP contribution in [0, 0.1) is 0 Å². The lowest BCUT2D eigenvalue weighted by molar-refractivity contribution is 0.186. The van der Waals surface area contributed by atoms with Crippen LogP contribution in [0.15, 0.2) is 0 Å². The number of hydrogen-bond acceptors (Lipinski definition) is 32. The van der Waals surface area contributed by atoms with Gasteiger partial charge in [-0.05, 0) is 0 Å². The molecule has 0 aromatic carbocycles. The monoisotopic (exact) mass is 628 g/mol. The summed E-state index contributed by atoms with van der Waals surface area (Å²) in [6, 6.07) is 0. The Hall–Kier alpha value is -0.955. The maximum atomic E-state index is 7.62. The average molecular weight is 627 g/mol. The number of rotatable bonds is 1. The van der Waals surface area contributed by atoms with E-state index in [-0.39, 0.29) is 105 Å². The zero-order chi connectivity index (χ0) is 21.3. The molecule has 0 aliphatic rings. The molecule has 0 heterocycles. The van der Waals surface area contributed by atoms with Gasteiger partial charge in [-0.15, -0.1) is 0 Å². The Morgan fingerprint density at radius 3 is 0.231 bits per heavy atom. The van der Waals surface area contributed by atoms with Crippen LogP contribution < -0.4 is 92.3 Å². The lowest BCUT2D eigenvalue weighted by Crippen LogP contribution is -2.07. The summed E-state index contributed by atoms with van der Waals surface area (Å²) in [6.07, 6.45) is 0. The van der Waals surface area contributed by atoms with Crippen LogP contribution in [0.4, 0.5) is 0 Å². The second kappa shape index (κ2) is 187. The zero-order valence-electron chi connectivity index (χ0n) is 22.5. The summed E-state index contributed by atoms with van der Waals surface area (Å²) in [7, 11) is -10.8. The molecule has 0 saturated carbocycles. The van der Waals surface area contributed by atoms with Crippen molar-refractivity contribution in [1.29, 1.82) is 0 Å². The Kier molecular flexibility index (Phi) is 861. The summed E-state index contributed by atoms with van der Waals surface area (Å²) in [5.41, 5.74) is 0. The molecule has 0 aromatic heterocycles. The van der Waals surface area contributed by atoms with Crippen molar-refractivity contribution in [2.24, 2.45) is 0 Å². The molecule has 62 N–H and O–H groups in total. The van der Waals surface area contributed by atoms with Crippen LogP contribution in [-0.4, -0.2) is 135 Å². The Morgan fingerprint density at radius 1 is 0.205 bits per heavy atom. The highest BCUT2D eigenvalue weighted by molar-refractivity contribution is 6.31. The van der Waals surface area contributed by atoms with E-state index < -0.39 is 36.6 Å². The minimum atomic E-state index is -2.17. The van der Waals surface area contributed by atoms with Gasteiger partial charge in [-0.25, -0.2) is 0 Å². The van der Waals surface area contributed by atoms with Crippen molar-refractivity contribution in [3.63, 3.8) is 0 Å². The minimum absolute atomic E-state index is 0. The predicted octanol–water partition coefficient (Wildman–Crippen LogP) is -8.86. The fraction of sp³-hybridized carbons (Fsp3) is 1.00. The van der Waals surface area contributed by atoms with E-state index in [1.54, 1.807) is 0 Å². The molecule has 0 unspecified atom stereocenters. The maximum Gasteiger partial charge on any atom is 0.631 e. The Balaban J connectivity index is -0.00000000487. The van der Waals surface area contributed by atoms with Gasteiger partial charge in [0.05, 0.1) is 13.2 Å². The van der Waals surface area contributed by atoms with E-state index in [9.17, 15) is 0 Å². The Bertz CT molecular complexity index is 143. The lowest BCUT2D eigenvalue weighted by atomic mass is 10.3. The molecule has 0 spiro atoms. The molecule has 266 valence electrons. The molecule has 0 saturated heterocycles. The van der Waals surface area contributed by atoms with E-state index in [0.29, 0.717) is 0 Å². The highest BCUT2D eigenvalue weighted by Gasteiger charge is 1.94. The maximum absolute atomic E-state index is 7.62. The van der Waals surface area contributed by atoms with Crippen LogP contribution in [0.2, 0.25) is 0 Å². The van der Waals surface area contributed by atoms with E-state index in [4.69, 9.17) is 85.6 Å². The van der Waals surface area contributed by atoms with Crippen molar-refractivity contribution in [3.8, 4) is 0 Å². The van der Waals surface area contributed by atoms with Gasteiger partial charge >= 0.3 is 36.6 Å². The largest absolute Gasteiger partial charge is 0.631 e. The first-order chi connectivity index (χ1) is 10.6. The van der Waals surface area contributed by atoms with Crippen molar-refractivity contribution in [2.75, 3.05) is 13.2 Å². The van der Waals surface area contributed by atoms with Gasteiger partial charge in [0.15, 0.2) is 0 Å². The summed E-state index contributed by atoms with van der Waals surface area (Å²) in [5.74, 6) is 0. The second-order valence-electron chi connectivity index (χ2n) is 2.18. The van der Waals surface area contributed by atoms with Gasteiger partial charge in [0.1, 0.15) is 0 Å². The molecular weight excluding hydrogens is 560 g/mol. The first-order valence-electron chi connectivity index (χ1n) is 5.01. The fourth-order valence-corrected chi connectivity index (χ4v) is 0. The van der Waals surface area contributed by atoms with Gasteiger partial charge in [0, 0.05) is 0 Å². The molecule has 39 heavy (non-hydrogen) atoms. The predicted molar refractivity (Wildman–Crippen MR) is 152 cm³/mol. The van der Waals surface area contributed by atoms with E-state index in [2.05, 4.69) is 0 Å². The second-order valence-corrected chi connectivity index (χ2v) is 2.18. The summed E-state index contributed by atoms with van der Waals surface area (Å²) in [6.45, 7) is -0.250. The molecule has 0 amide bonds. The molecule has 0 aromatic rings. The number of hydrogen-bond donors (Lipinski definition) is 32. The molecule has 0 bridgehead atoms. The smallest absolute Gasteiger partial charge is 0.402 e. The van der Waals surface area contributed by atoms with E-state index in [1.807, 2.05) is 0 Å².